The van der Waals surface area contributed by atoms with Crippen LogP contribution in [0.3, 0.4) is 0 Å². The van der Waals surface area contributed by atoms with Crippen LogP contribution in [0, 0.1) is 10.1 Å². The zero-order chi connectivity index (χ0) is 18.1. The highest BCUT2D eigenvalue weighted by Gasteiger charge is 2.34. The van der Waals surface area contributed by atoms with Crippen LogP contribution < -0.4 is 10.2 Å². The van der Waals surface area contributed by atoms with E-state index < -0.39 is 11.2 Å². The van der Waals surface area contributed by atoms with Gasteiger partial charge in [-0.05, 0) is 49.6 Å². The van der Waals surface area contributed by atoms with Crippen LogP contribution in [0.25, 0.3) is 10.9 Å². The standard InChI is InChI=1S/C18H19N5O3/c24-17-5-1-4-16(21-13-6-7-14-12(11-13)8-10-19-14)22(17)18-15(23(25)26)3-2-9-20-18/h2-3,6-11,16-17,19,21,24H,1,4-5H2. The van der Waals surface area contributed by atoms with Crippen molar-refractivity contribution in [3.8, 4) is 0 Å². The Bertz CT molecular complexity index is 941. The van der Waals surface area contributed by atoms with E-state index in [1.807, 2.05) is 30.5 Å². The van der Waals surface area contributed by atoms with E-state index in [1.54, 1.807) is 4.90 Å². The van der Waals surface area contributed by atoms with E-state index in [9.17, 15) is 15.2 Å². The molecule has 0 bridgehead atoms. The second-order valence-electron chi connectivity index (χ2n) is 6.36. The monoisotopic (exact) mass is 353 g/mol. The molecule has 3 heterocycles. The highest BCUT2D eigenvalue weighted by Crippen LogP contribution is 2.33. The molecule has 8 nitrogen and oxygen atoms in total. The van der Waals surface area contributed by atoms with Crippen LogP contribution in [0.5, 0.6) is 0 Å². The number of aliphatic hydroxyl groups excluding tert-OH is 1. The summed E-state index contributed by atoms with van der Waals surface area (Å²) in [6.45, 7) is 0. The average molecular weight is 353 g/mol. The van der Waals surface area contributed by atoms with Crippen molar-refractivity contribution in [3.05, 3.63) is 58.9 Å². The molecule has 1 fully saturated rings. The molecule has 0 radical (unpaired) electrons. The third kappa shape index (κ3) is 2.95. The number of aliphatic hydroxyl groups is 1. The minimum atomic E-state index is -0.828. The minimum Gasteiger partial charge on any atom is -0.373 e. The van der Waals surface area contributed by atoms with Gasteiger partial charge in [-0.25, -0.2) is 4.98 Å². The summed E-state index contributed by atoms with van der Waals surface area (Å²) in [6.07, 6.45) is 4.38. The summed E-state index contributed by atoms with van der Waals surface area (Å²) in [5.41, 5.74) is 1.82. The number of aromatic nitrogens is 2. The van der Waals surface area contributed by atoms with E-state index >= 15 is 0 Å². The summed E-state index contributed by atoms with van der Waals surface area (Å²) in [7, 11) is 0. The van der Waals surface area contributed by atoms with E-state index in [2.05, 4.69) is 15.3 Å². The SMILES string of the molecule is O=[N+]([O-])c1cccnc1N1C(O)CCCC1Nc1ccc2[nH]ccc2c1. The number of H-pyrrole nitrogens is 1. The van der Waals surface area contributed by atoms with Gasteiger partial charge in [-0.3, -0.25) is 10.1 Å². The molecule has 0 aliphatic carbocycles. The van der Waals surface area contributed by atoms with Crippen molar-refractivity contribution in [1.82, 2.24) is 9.97 Å². The fourth-order valence-electron chi connectivity index (χ4n) is 3.48. The lowest BCUT2D eigenvalue weighted by atomic mass is 10.1. The summed E-state index contributed by atoms with van der Waals surface area (Å²) in [6, 6.07) is 10.9. The zero-order valence-electron chi connectivity index (χ0n) is 14.0. The normalized spacial score (nSPS) is 20.3. The highest BCUT2D eigenvalue weighted by molar-refractivity contribution is 5.83. The topological polar surface area (TPSA) is 107 Å². The lowest BCUT2D eigenvalue weighted by Crippen LogP contribution is -2.51. The molecule has 2 aromatic heterocycles. The first-order valence-corrected chi connectivity index (χ1v) is 8.53. The van der Waals surface area contributed by atoms with Gasteiger partial charge in [-0.1, -0.05) is 0 Å². The van der Waals surface area contributed by atoms with Gasteiger partial charge in [0, 0.05) is 35.1 Å². The van der Waals surface area contributed by atoms with E-state index in [0.29, 0.717) is 6.42 Å². The molecule has 1 aliphatic rings. The Morgan fingerprint density at radius 1 is 1.31 bits per heavy atom. The number of hydrogen-bond donors (Lipinski definition) is 3. The van der Waals surface area contributed by atoms with Crippen LogP contribution in [-0.2, 0) is 0 Å². The Hall–Kier alpha value is -3.13. The molecule has 134 valence electrons. The van der Waals surface area contributed by atoms with Crippen LogP contribution in [0.1, 0.15) is 19.3 Å². The number of piperidine rings is 1. The number of rotatable bonds is 4. The molecule has 3 N–H and O–H groups in total. The average Bonchev–Trinajstić information content (AvgIpc) is 3.10. The van der Waals surface area contributed by atoms with Crippen LogP contribution in [0.15, 0.2) is 48.8 Å². The summed E-state index contributed by atoms with van der Waals surface area (Å²) >= 11 is 0. The lowest BCUT2D eigenvalue weighted by Gasteiger charge is -2.40. The Balaban J connectivity index is 1.68. The van der Waals surface area contributed by atoms with Gasteiger partial charge in [0.1, 0.15) is 12.4 Å². The lowest BCUT2D eigenvalue weighted by molar-refractivity contribution is -0.384. The van der Waals surface area contributed by atoms with Gasteiger partial charge in [0.2, 0.25) is 5.82 Å². The van der Waals surface area contributed by atoms with Crippen LogP contribution in [0.4, 0.5) is 17.2 Å². The van der Waals surface area contributed by atoms with Gasteiger partial charge in [0.25, 0.3) is 0 Å². The van der Waals surface area contributed by atoms with Gasteiger partial charge in [-0.2, -0.15) is 0 Å². The largest absolute Gasteiger partial charge is 0.373 e. The molecule has 0 amide bonds. The van der Waals surface area contributed by atoms with E-state index in [4.69, 9.17) is 0 Å². The predicted molar refractivity (Wildman–Crippen MR) is 98.9 cm³/mol. The smallest absolute Gasteiger partial charge is 0.311 e. The summed E-state index contributed by atoms with van der Waals surface area (Å²) in [5.74, 6) is 0.185. The maximum Gasteiger partial charge on any atom is 0.311 e. The van der Waals surface area contributed by atoms with Crippen LogP contribution >= 0.6 is 0 Å². The van der Waals surface area contributed by atoms with Crippen molar-refractivity contribution < 1.29 is 10.0 Å². The molecule has 0 saturated carbocycles. The first-order valence-electron chi connectivity index (χ1n) is 8.53. The molecular formula is C18H19N5O3. The Morgan fingerprint density at radius 3 is 3.04 bits per heavy atom. The van der Waals surface area contributed by atoms with Gasteiger partial charge in [-0.15, -0.1) is 0 Å². The molecule has 0 spiro atoms. The summed E-state index contributed by atoms with van der Waals surface area (Å²) in [4.78, 5) is 19.9. The molecular weight excluding hydrogens is 334 g/mol. The molecule has 1 aromatic carbocycles. The number of benzene rings is 1. The quantitative estimate of drug-likeness (QED) is 0.491. The number of nitro groups is 1. The number of nitrogens with one attached hydrogen (secondary N) is 2. The minimum absolute atomic E-state index is 0.110. The van der Waals surface area contributed by atoms with Gasteiger partial charge in [0.15, 0.2) is 0 Å². The van der Waals surface area contributed by atoms with Gasteiger partial charge >= 0.3 is 5.69 Å². The zero-order valence-corrected chi connectivity index (χ0v) is 14.0. The number of pyridine rings is 1. The maximum atomic E-state index is 11.4. The number of anilines is 2. The molecule has 2 atom stereocenters. The Kier molecular flexibility index (Phi) is 4.18. The number of nitrogens with zero attached hydrogens (tertiary/aromatic N) is 3. The molecule has 8 heteroatoms. The molecule has 2 unspecified atom stereocenters. The van der Waals surface area contributed by atoms with Gasteiger partial charge < -0.3 is 20.3 Å². The fourth-order valence-corrected chi connectivity index (χ4v) is 3.48. The van der Waals surface area contributed by atoms with Crippen molar-refractivity contribution in [2.45, 2.75) is 31.7 Å². The number of hydrogen-bond acceptors (Lipinski definition) is 6. The first kappa shape index (κ1) is 16.3. The van der Waals surface area contributed by atoms with Crippen molar-refractivity contribution in [1.29, 1.82) is 0 Å². The van der Waals surface area contributed by atoms with Crippen molar-refractivity contribution in [2.24, 2.45) is 0 Å². The van der Waals surface area contributed by atoms with E-state index in [0.717, 1.165) is 29.4 Å². The van der Waals surface area contributed by atoms with E-state index in [-0.39, 0.29) is 17.7 Å². The molecule has 4 rings (SSSR count). The fraction of sp³-hybridized carbons (Fsp3) is 0.278. The molecule has 1 aliphatic heterocycles. The van der Waals surface area contributed by atoms with Crippen molar-refractivity contribution >= 4 is 28.1 Å². The first-order chi connectivity index (χ1) is 12.6. The maximum absolute atomic E-state index is 11.4. The van der Waals surface area contributed by atoms with Crippen LogP contribution in [-0.4, -0.2) is 32.4 Å². The third-order valence-corrected chi connectivity index (χ3v) is 4.69. The highest BCUT2D eigenvalue weighted by atomic mass is 16.6. The third-order valence-electron chi connectivity index (χ3n) is 4.69. The molecule has 3 aromatic rings. The Labute approximate surface area is 149 Å². The van der Waals surface area contributed by atoms with Crippen molar-refractivity contribution in [2.75, 3.05) is 10.2 Å². The number of fused-ring (bicyclic) bond motifs is 1. The van der Waals surface area contributed by atoms with Crippen molar-refractivity contribution in [3.63, 3.8) is 0 Å². The van der Waals surface area contributed by atoms with E-state index in [1.165, 1.54) is 18.3 Å². The Morgan fingerprint density at radius 2 is 2.19 bits per heavy atom. The summed E-state index contributed by atoms with van der Waals surface area (Å²) in [5, 5.41) is 26.4. The molecule has 26 heavy (non-hydrogen) atoms. The second kappa shape index (κ2) is 6.64. The van der Waals surface area contributed by atoms with Gasteiger partial charge in [0.05, 0.1) is 4.92 Å². The number of aromatic amines is 1. The van der Waals surface area contributed by atoms with Crippen LogP contribution in [0.2, 0.25) is 0 Å². The molecule has 1 saturated heterocycles. The predicted octanol–water partition coefficient (Wildman–Crippen LogP) is 3.22. The second-order valence-corrected chi connectivity index (χ2v) is 6.36. The summed E-state index contributed by atoms with van der Waals surface area (Å²) < 4.78 is 0.